The largest absolute Gasteiger partial charge is 0.392 e. The number of benzene rings is 4. The third-order valence-corrected chi connectivity index (χ3v) is 10.3. The van der Waals surface area contributed by atoms with Crippen LogP contribution in [0.5, 0.6) is 0 Å². The standard InChI is InChI=1S/C34H29Cl3N2O4S2/c35-34(36,37)32(41)38-18-22-4-3-5-26(16-22)23-12-14-25(15-13-23)31-42-27(17-29(43-31)24-10-8-21(19-40)9-11-24)20-44-33-39-28-6-1-2-7-30(28)45-33/h1-16,27,29,31,40H,17-20H2,(H,38,41)/t27-,29+,31+/m1/s1. The van der Waals surface area contributed by atoms with Gasteiger partial charge in [-0.2, -0.15) is 0 Å². The number of hydrogen-bond donors (Lipinski definition) is 2. The minimum Gasteiger partial charge on any atom is -0.392 e. The molecule has 0 aliphatic carbocycles. The fourth-order valence-electron chi connectivity index (χ4n) is 5.08. The molecule has 2 N–H and O–H groups in total. The maximum absolute atomic E-state index is 12.0. The van der Waals surface area contributed by atoms with Crippen LogP contribution in [-0.4, -0.2) is 31.6 Å². The number of thiazole rings is 1. The van der Waals surface area contributed by atoms with Crippen molar-refractivity contribution in [1.29, 1.82) is 0 Å². The highest BCUT2D eigenvalue weighted by molar-refractivity contribution is 8.01. The number of hydrogen-bond acceptors (Lipinski definition) is 7. The summed E-state index contributed by atoms with van der Waals surface area (Å²) in [6.45, 7) is 0.233. The van der Waals surface area contributed by atoms with Crippen LogP contribution in [0.3, 0.4) is 0 Å². The van der Waals surface area contributed by atoms with Gasteiger partial charge in [0.25, 0.3) is 9.70 Å². The minimum absolute atomic E-state index is 0.00216. The van der Waals surface area contributed by atoms with Crippen molar-refractivity contribution >= 4 is 74.0 Å². The second-order valence-electron chi connectivity index (χ2n) is 10.6. The van der Waals surface area contributed by atoms with Gasteiger partial charge in [0, 0.05) is 24.3 Å². The Balaban J connectivity index is 1.18. The number of aliphatic hydroxyl groups excluding tert-OH is 1. The van der Waals surface area contributed by atoms with Crippen LogP contribution < -0.4 is 5.32 Å². The molecule has 4 aromatic carbocycles. The van der Waals surface area contributed by atoms with Gasteiger partial charge in [0.05, 0.1) is 29.0 Å². The summed E-state index contributed by atoms with van der Waals surface area (Å²) in [5.74, 6) is 0.0686. The van der Waals surface area contributed by atoms with Crippen LogP contribution in [0, 0.1) is 0 Å². The number of nitrogens with one attached hydrogen (secondary N) is 1. The molecule has 0 unspecified atom stereocenters. The van der Waals surface area contributed by atoms with E-state index in [1.807, 2.05) is 91.0 Å². The lowest BCUT2D eigenvalue weighted by Gasteiger charge is -2.36. The van der Waals surface area contributed by atoms with E-state index >= 15 is 0 Å². The molecule has 45 heavy (non-hydrogen) atoms. The highest BCUT2D eigenvalue weighted by Gasteiger charge is 2.33. The van der Waals surface area contributed by atoms with E-state index in [0.29, 0.717) is 6.42 Å². The number of amides is 1. The van der Waals surface area contributed by atoms with Crippen molar-refractivity contribution < 1.29 is 19.4 Å². The summed E-state index contributed by atoms with van der Waals surface area (Å²) >= 11 is 20.4. The Bertz CT molecular complexity index is 1730. The molecular weight excluding hydrogens is 671 g/mol. The van der Waals surface area contributed by atoms with E-state index in [-0.39, 0.29) is 25.4 Å². The highest BCUT2D eigenvalue weighted by atomic mass is 35.6. The molecule has 232 valence electrons. The first-order valence-electron chi connectivity index (χ1n) is 14.3. The smallest absolute Gasteiger partial charge is 0.272 e. The summed E-state index contributed by atoms with van der Waals surface area (Å²) in [7, 11) is 0. The average molecular weight is 700 g/mol. The highest BCUT2D eigenvalue weighted by Crippen LogP contribution is 2.40. The molecule has 2 heterocycles. The van der Waals surface area contributed by atoms with Crippen molar-refractivity contribution in [2.75, 3.05) is 5.75 Å². The number of halogens is 3. The minimum atomic E-state index is -2.01. The molecule has 0 spiro atoms. The molecule has 1 fully saturated rings. The number of nitrogens with zero attached hydrogens (tertiary/aromatic N) is 1. The fraction of sp³-hybridized carbons (Fsp3) is 0.235. The van der Waals surface area contributed by atoms with Gasteiger partial charge in [0.2, 0.25) is 0 Å². The van der Waals surface area contributed by atoms with Gasteiger partial charge in [-0.05, 0) is 46.0 Å². The second kappa shape index (κ2) is 14.4. The summed E-state index contributed by atoms with van der Waals surface area (Å²) in [4.78, 5) is 16.7. The Labute approximate surface area is 284 Å². The molecule has 1 amide bonds. The van der Waals surface area contributed by atoms with Crippen LogP contribution in [0.25, 0.3) is 21.3 Å². The number of aromatic nitrogens is 1. The molecule has 0 radical (unpaired) electrons. The molecule has 11 heteroatoms. The zero-order valence-corrected chi connectivity index (χ0v) is 27.8. The number of carbonyl (C=O) groups is 1. The van der Waals surface area contributed by atoms with Crippen LogP contribution in [-0.2, 0) is 27.4 Å². The van der Waals surface area contributed by atoms with Gasteiger partial charge >= 0.3 is 0 Å². The predicted octanol–water partition coefficient (Wildman–Crippen LogP) is 8.78. The lowest BCUT2D eigenvalue weighted by Crippen LogP contribution is -2.33. The average Bonchev–Trinajstić information content (AvgIpc) is 3.49. The Hall–Kier alpha value is -2.66. The summed E-state index contributed by atoms with van der Waals surface area (Å²) in [5.41, 5.74) is 6.69. The van der Waals surface area contributed by atoms with Crippen molar-refractivity contribution in [3.05, 3.63) is 119 Å². The fourth-order valence-corrected chi connectivity index (χ4v) is 7.39. The number of rotatable bonds is 9. The molecule has 3 atom stereocenters. The Morgan fingerprint density at radius 3 is 2.40 bits per heavy atom. The van der Waals surface area contributed by atoms with Crippen LogP contribution in [0.15, 0.2) is 101 Å². The molecule has 6 rings (SSSR count). The van der Waals surface area contributed by atoms with Crippen molar-refractivity contribution in [1.82, 2.24) is 10.3 Å². The van der Waals surface area contributed by atoms with Gasteiger partial charge in [-0.1, -0.05) is 125 Å². The maximum atomic E-state index is 12.0. The van der Waals surface area contributed by atoms with E-state index < -0.39 is 16.0 Å². The lowest BCUT2D eigenvalue weighted by molar-refractivity contribution is -0.245. The number of thioether (sulfide) groups is 1. The van der Waals surface area contributed by atoms with Crippen LogP contribution >= 0.6 is 57.9 Å². The van der Waals surface area contributed by atoms with Gasteiger partial charge in [-0.3, -0.25) is 4.79 Å². The zero-order chi connectivity index (χ0) is 31.4. The Morgan fingerprint density at radius 1 is 0.911 bits per heavy atom. The van der Waals surface area contributed by atoms with Gasteiger partial charge in [-0.15, -0.1) is 11.3 Å². The molecule has 1 aromatic heterocycles. The van der Waals surface area contributed by atoms with E-state index in [9.17, 15) is 9.90 Å². The van der Waals surface area contributed by atoms with Crippen LogP contribution in [0.1, 0.15) is 41.1 Å². The topological polar surface area (TPSA) is 80.7 Å². The summed E-state index contributed by atoms with van der Waals surface area (Å²) in [5, 5.41) is 12.1. The van der Waals surface area contributed by atoms with E-state index in [0.717, 1.165) is 49.0 Å². The molecule has 0 saturated carbocycles. The Morgan fingerprint density at radius 2 is 1.67 bits per heavy atom. The number of aliphatic hydroxyl groups is 1. The van der Waals surface area contributed by atoms with E-state index in [4.69, 9.17) is 49.3 Å². The Kier molecular flexibility index (Phi) is 10.3. The molecule has 1 aliphatic heterocycles. The molecule has 6 nitrogen and oxygen atoms in total. The molecule has 5 aromatic rings. The molecule has 1 aliphatic rings. The maximum Gasteiger partial charge on any atom is 0.272 e. The van der Waals surface area contributed by atoms with Crippen molar-refractivity contribution in [2.45, 2.75) is 46.2 Å². The molecule has 0 bridgehead atoms. The van der Waals surface area contributed by atoms with Crippen molar-refractivity contribution in [3.8, 4) is 11.1 Å². The quantitative estimate of drug-likeness (QED) is 0.118. The second-order valence-corrected chi connectivity index (χ2v) is 15.2. The summed E-state index contributed by atoms with van der Waals surface area (Å²) in [6, 6.07) is 32.0. The number of para-hydroxylation sites is 1. The monoisotopic (exact) mass is 698 g/mol. The number of alkyl halides is 3. The SMILES string of the molecule is O=C(NCc1cccc(-c2ccc([C@H]3O[C@@H](CSc4nc5ccccc5s4)C[C@@H](c4ccc(CO)cc4)O3)cc2)c1)C(Cl)(Cl)Cl. The third kappa shape index (κ3) is 8.20. The van der Waals surface area contributed by atoms with Gasteiger partial charge in [0.15, 0.2) is 10.6 Å². The first-order chi connectivity index (χ1) is 21.7. The normalized spacial score (nSPS) is 18.6. The lowest BCUT2D eigenvalue weighted by atomic mass is 9.99. The third-order valence-electron chi connectivity index (χ3n) is 7.44. The van der Waals surface area contributed by atoms with E-state index in [1.165, 1.54) is 4.70 Å². The molecule has 1 saturated heterocycles. The van der Waals surface area contributed by atoms with Crippen LogP contribution in [0.2, 0.25) is 0 Å². The van der Waals surface area contributed by atoms with Gasteiger partial charge < -0.3 is 19.9 Å². The number of ether oxygens (including phenoxy) is 2. The van der Waals surface area contributed by atoms with Crippen molar-refractivity contribution in [2.24, 2.45) is 0 Å². The van der Waals surface area contributed by atoms with Gasteiger partial charge in [0.1, 0.15) is 0 Å². The van der Waals surface area contributed by atoms with Crippen LogP contribution in [0.4, 0.5) is 0 Å². The number of fused-ring (bicyclic) bond motifs is 1. The summed E-state index contributed by atoms with van der Waals surface area (Å²) < 4.78 is 13.2. The van der Waals surface area contributed by atoms with Crippen molar-refractivity contribution in [3.63, 3.8) is 0 Å². The van der Waals surface area contributed by atoms with Gasteiger partial charge in [-0.25, -0.2) is 4.98 Å². The molecular formula is C34H29Cl3N2O4S2. The van der Waals surface area contributed by atoms with E-state index in [1.54, 1.807) is 23.1 Å². The first-order valence-corrected chi connectivity index (χ1v) is 17.2. The number of carbonyl (C=O) groups excluding carboxylic acids is 1. The predicted molar refractivity (Wildman–Crippen MR) is 183 cm³/mol. The van der Waals surface area contributed by atoms with E-state index in [2.05, 4.69) is 11.4 Å². The zero-order valence-electron chi connectivity index (χ0n) is 23.9. The first kappa shape index (κ1) is 32.3. The summed E-state index contributed by atoms with van der Waals surface area (Å²) in [6.07, 6.45) is -0.0916.